The molecule has 98 valence electrons. The quantitative estimate of drug-likeness (QED) is 0.387. The van der Waals surface area contributed by atoms with E-state index in [1.807, 2.05) is 0 Å². The van der Waals surface area contributed by atoms with Crippen molar-refractivity contribution < 1.29 is 25.5 Å². The molecule has 5 N–H and O–H groups in total. The predicted octanol–water partition coefficient (Wildman–Crippen LogP) is -0.609. The molecule has 0 aliphatic carbocycles. The fourth-order valence-corrected chi connectivity index (χ4v) is 1.70. The van der Waals surface area contributed by atoms with Crippen molar-refractivity contribution in [1.82, 2.24) is 0 Å². The first-order valence-corrected chi connectivity index (χ1v) is 5.71. The Labute approximate surface area is 96.4 Å². The standard InChI is InChI=1S/C11H24O5/c1-7(12)3-9(14)5-11(16)6-10(15)4-8(2)13/h7-16H,3-6H2,1-2H3/t7-,8+,9+,10-,11?. The molecule has 0 aliphatic rings. The fourth-order valence-electron chi connectivity index (χ4n) is 1.70. The molecule has 0 saturated heterocycles. The summed E-state index contributed by atoms with van der Waals surface area (Å²) in [6.45, 7) is 3.13. The molecule has 0 aliphatic heterocycles. The first-order valence-electron chi connectivity index (χ1n) is 5.71. The van der Waals surface area contributed by atoms with E-state index in [2.05, 4.69) is 0 Å². The van der Waals surface area contributed by atoms with E-state index >= 15 is 0 Å². The van der Waals surface area contributed by atoms with Gasteiger partial charge in [0.2, 0.25) is 0 Å². The molecule has 0 bridgehead atoms. The molecule has 0 spiro atoms. The summed E-state index contributed by atoms with van der Waals surface area (Å²) in [6.07, 6.45) is -2.89. The number of hydrogen-bond acceptors (Lipinski definition) is 5. The van der Waals surface area contributed by atoms with Crippen molar-refractivity contribution >= 4 is 0 Å². The monoisotopic (exact) mass is 236 g/mol. The molecule has 5 nitrogen and oxygen atoms in total. The Balaban J connectivity index is 3.75. The number of aliphatic hydroxyl groups excluding tert-OH is 5. The molecule has 0 radical (unpaired) electrons. The lowest BCUT2D eigenvalue weighted by molar-refractivity contribution is 0.0108. The van der Waals surface area contributed by atoms with Crippen molar-refractivity contribution in [3.05, 3.63) is 0 Å². The second-order valence-electron chi connectivity index (χ2n) is 4.60. The van der Waals surface area contributed by atoms with Gasteiger partial charge in [-0.25, -0.2) is 0 Å². The Morgan fingerprint density at radius 1 is 0.562 bits per heavy atom. The first kappa shape index (κ1) is 15.8. The minimum Gasteiger partial charge on any atom is -0.393 e. The van der Waals surface area contributed by atoms with Crippen LogP contribution < -0.4 is 0 Å². The van der Waals surface area contributed by atoms with Crippen LogP contribution in [0, 0.1) is 0 Å². The molecule has 16 heavy (non-hydrogen) atoms. The summed E-state index contributed by atoms with van der Waals surface area (Å²) in [7, 11) is 0. The third-order valence-corrected chi connectivity index (χ3v) is 2.31. The lowest BCUT2D eigenvalue weighted by Crippen LogP contribution is -2.26. The minimum atomic E-state index is -0.817. The van der Waals surface area contributed by atoms with Crippen LogP contribution in [0.25, 0.3) is 0 Å². The third kappa shape index (κ3) is 9.06. The van der Waals surface area contributed by atoms with Gasteiger partial charge in [0.15, 0.2) is 0 Å². The van der Waals surface area contributed by atoms with E-state index < -0.39 is 30.5 Å². The van der Waals surface area contributed by atoms with E-state index in [0.29, 0.717) is 0 Å². The lowest BCUT2D eigenvalue weighted by atomic mass is 10.00. The maximum Gasteiger partial charge on any atom is 0.0589 e. The Bertz CT molecular complexity index is 154. The maximum absolute atomic E-state index is 9.53. The molecule has 0 aromatic heterocycles. The highest BCUT2D eigenvalue weighted by atomic mass is 16.3. The van der Waals surface area contributed by atoms with Crippen LogP contribution in [0.4, 0.5) is 0 Å². The van der Waals surface area contributed by atoms with Gasteiger partial charge in [0.05, 0.1) is 30.5 Å². The molecule has 0 heterocycles. The normalized spacial score (nSPS) is 21.2. The summed E-state index contributed by atoms with van der Waals surface area (Å²) in [4.78, 5) is 0. The van der Waals surface area contributed by atoms with Crippen LogP contribution in [0.3, 0.4) is 0 Å². The SMILES string of the molecule is C[C@H](O)C[C@@H](O)CC(O)C[C@@H](O)C[C@@H](C)O. The smallest absolute Gasteiger partial charge is 0.0589 e. The van der Waals surface area contributed by atoms with Gasteiger partial charge >= 0.3 is 0 Å². The van der Waals surface area contributed by atoms with Crippen LogP contribution in [0.2, 0.25) is 0 Å². The number of rotatable bonds is 8. The van der Waals surface area contributed by atoms with E-state index in [1.165, 1.54) is 0 Å². The van der Waals surface area contributed by atoms with Crippen LogP contribution in [0.15, 0.2) is 0 Å². The van der Waals surface area contributed by atoms with Crippen molar-refractivity contribution in [2.75, 3.05) is 0 Å². The molecule has 5 atom stereocenters. The van der Waals surface area contributed by atoms with E-state index in [1.54, 1.807) is 13.8 Å². The van der Waals surface area contributed by atoms with E-state index in [0.717, 1.165) is 0 Å². The summed E-state index contributed by atoms with van der Waals surface area (Å²) in [5.74, 6) is 0. The van der Waals surface area contributed by atoms with Crippen LogP contribution in [-0.4, -0.2) is 56.1 Å². The Hall–Kier alpha value is -0.200. The summed E-state index contributed by atoms with van der Waals surface area (Å²) >= 11 is 0. The molecule has 0 amide bonds. The summed E-state index contributed by atoms with van der Waals surface area (Å²) in [6, 6.07) is 0. The predicted molar refractivity (Wildman–Crippen MR) is 59.9 cm³/mol. The molecule has 0 fully saturated rings. The van der Waals surface area contributed by atoms with E-state index in [9.17, 15) is 15.3 Å². The maximum atomic E-state index is 9.53. The van der Waals surface area contributed by atoms with Crippen molar-refractivity contribution in [2.24, 2.45) is 0 Å². The van der Waals surface area contributed by atoms with Gasteiger partial charge in [0.25, 0.3) is 0 Å². The van der Waals surface area contributed by atoms with Crippen molar-refractivity contribution in [3.63, 3.8) is 0 Å². The summed E-state index contributed by atoms with van der Waals surface area (Å²) < 4.78 is 0. The van der Waals surface area contributed by atoms with Crippen LogP contribution in [0.5, 0.6) is 0 Å². The van der Waals surface area contributed by atoms with E-state index in [-0.39, 0.29) is 25.7 Å². The topological polar surface area (TPSA) is 101 Å². The van der Waals surface area contributed by atoms with Gasteiger partial charge in [-0.15, -0.1) is 0 Å². The molecule has 0 rings (SSSR count). The largest absolute Gasteiger partial charge is 0.393 e. The van der Waals surface area contributed by atoms with Crippen molar-refractivity contribution in [2.45, 2.75) is 70.1 Å². The third-order valence-electron chi connectivity index (χ3n) is 2.31. The molecule has 5 heteroatoms. The summed E-state index contributed by atoms with van der Waals surface area (Å²) in [5.41, 5.74) is 0. The highest BCUT2D eigenvalue weighted by Gasteiger charge is 2.18. The number of hydrogen-bond donors (Lipinski definition) is 5. The van der Waals surface area contributed by atoms with Gasteiger partial charge in [-0.05, 0) is 39.5 Å². The molecule has 1 unspecified atom stereocenters. The van der Waals surface area contributed by atoms with Gasteiger partial charge in [-0.3, -0.25) is 0 Å². The minimum absolute atomic E-state index is 0.127. The van der Waals surface area contributed by atoms with Gasteiger partial charge < -0.3 is 25.5 Å². The van der Waals surface area contributed by atoms with Crippen LogP contribution >= 0.6 is 0 Å². The Morgan fingerprint density at radius 2 is 0.812 bits per heavy atom. The van der Waals surface area contributed by atoms with Crippen LogP contribution in [0.1, 0.15) is 39.5 Å². The molecular formula is C11H24O5. The van der Waals surface area contributed by atoms with E-state index in [4.69, 9.17) is 10.2 Å². The highest BCUT2D eigenvalue weighted by molar-refractivity contribution is 4.70. The molecule has 0 aromatic rings. The fraction of sp³-hybridized carbons (Fsp3) is 1.00. The average molecular weight is 236 g/mol. The first-order chi connectivity index (χ1) is 7.31. The average Bonchev–Trinajstić information content (AvgIpc) is 1.97. The second kappa shape index (κ2) is 7.97. The number of aliphatic hydroxyl groups is 5. The van der Waals surface area contributed by atoms with Gasteiger partial charge in [-0.1, -0.05) is 0 Å². The molecule has 0 aromatic carbocycles. The zero-order chi connectivity index (χ0) is 12.7. The summed E-state index contributed by atoms with van der Waals surface area (Å²) in [5, 5.41) is 46.4. The van der Waals surface area contributed by atoms with Crippen molar-refractivity contribution in [3.8, 4) is 0 Å². The zero-order valence-electron chi connectivity index (χ0n) is 9.95. The zero-order valence-corrected chi connectivity index (χ0v) is 9.95. The van der Waals surface area contributed by atoms with Gasteiger partial charge in [0.1, 0.15) is 0 Å². The second-order valence-corrected chi connectivity index (χ2v) is 4.60. The van der Waals surface area contributed by atoms with Crippen molar-refractivity contribution in [1.29, 1.82) is 0 Å². The highest BCUT2D eigenvalue weighted by Crippen LogP contribution is 2.12. The van der Waals surface area contributed by atoms with Gasteiger partial charge in [-0.2, -0.15) is 0 Å². The Morgan fingerprint density at radius 3 is 1.06 bits per heavy atom. The lowest BCUT2D eigenvalue weighted by Gasteiger charge is -2.20. The Kier molecular flexibility index (Phi) is 7.87. The molecular weight excluding hydrogens is 212 g/mol. The van der Waals surface area contributed by atoms with Crippen LogP contribution in [-0.2, 0) is 0 Å². The molecule has 0 saturated carbocycles. The van der Waals surface area contributed by atoms with Gasteiger partial charge in [0, 0.05) is 0 Å².